The maximum atomic E-state index is 13.9. The van der Waals surface area contributed by atoms with Gasteiger partial charge in [-0.2, -0.15) is 0 Å². The van der Waals surface area contributed by atoms with E-state index in [9.17, 15) is 24.3 Å². The minimum Gasteiger partial charge on any atom is -0.493 e. The van der Waals surface area contributed by atoms with E-state index >= 15 is 0 Å². The first-order valence-electron chi connectivity index (χ1n) is 14.1. The van der Waals surface area contributed by atoms with Crippen LogP contribution in [0.25, 0.3) is 0 Å². The summed E-state index contributed by atoms with van der Waals surface area (Å²) in [6.45, 7) is 1.74. The third kappa shape index (κ3) is 7.91. The number of carbonyl (C=O) groups is 4. The summed E-state index contributed by atoms with van der Waals surface area (Å²) in [6, 6.07) is 22.2. The van der Waals surface area contributed by atoms with Crippen molar-refractivity contribution >= 4 is 23.8 Å². The zero-order chi connectivity index (χ0) is 30.8. The van der Waals surface area contributed by atoms with Crippen molar-refractivity contribution in [1.82, 2.24) is 4.90 Å². The van der Waals surface area contributed by atoms with E-state index in [-0.39, 0.29) is 25.3 Å². The van der Waals surface area contributed by atoms with E-state index in [1.807, 2.05) is 36.4 Å². The number of hydrogen-bond donors (Lipinski definition) is 1. The molecule has 1 heterocycles. The van der Waals surface area contributed by atoms with Crippen molar-refractivity contribution < 1.29 is 43.2 Å². The minimum absolute atomic E-state index is 0.0174. The van der Waals surface area contributed by atoms with Crippen LogP contribution in [0.2, 0.25) is 0 Å². The normalized spacial score (nSPS) is 17.6. The summed E-state index contributed by atoms with van der Waals surface area (Å²) in [4.78, 5) is 53.2. The number of amides is 1. The number of esters is 1. The highest BCUT2D eigenvalue weighted by Crippen LogP contribution is 2.38. The van der Waals surface area contributed by atoms with Gasteiger partial charge in [-0.15, -0.1) is 0 Å². The number of methoxy groups -OCH3 is 1. The Labute approximate surface area is 250 Å². The molecule has 1 fully saturated rings. The van der Waals surface area contributed by atoms with Gasteiger partial charge >= 0.3 is 18.0 Å². The molecule has 3 aromatic rings. The van der Waals surface area contributed by atoms with Gasteiger partial charge in [-0.1, -0.05) is 60.7 Å². The van der Waals surface area contributed by atoms with E-state index in [0.29, 0.717) is 24.5 Å². The summed E-state index contributed by atoms with van der Waals surface area (Å²) < 4.78 is 22.1. The molecule has 0 spiro atoms. The number of nitrogens with zero attached hydrogens (tertiary/aromatic N) is 1. The number of aliphatic carboxylic acids is 1. The SMILES string of the molecule is CCOC(=O)[C@@H]1[C@@H](CC(=O)O)[C@@H](C(=O)c2ccc(OCCc3ccccc3)c(OC)c2)CN1C(=O)OCc1ccccc1. The lowest BCUT2D eigenvalue weighted by Gasteiger charge is -2.25. The second-order valence-corrected chi connectivity index (χ2v) is 10.1. The van der Waals surface area contributed by atoms with Gasteiger partial charge in [0, 0.05) is 30.4 Å². The maximum absolute atomic E-state index is 13.9. The molecule has 0 bridgehead atoms. The van der Waals surface area contributed by atoms with Crippen LogP contribution in [0.15, 0.2) is 78.9 Å². The fourth-order valence-electron chi connectivity index (χ4n) is 5.24. The van der Waals surface area contributed by atoms with Crippen molar-refractivity contribution in [3.05, 3.63) is 95.6 Å². The van der Waals surface area contributed by atoms with Gasteiger partial charge in [-0.3, -0.25) is 14.5 Å². The first-order chi connectivity index (χ1) is 20.8. The summed E-state index contributed by atoms with van der Waals surface area (Å²) in [6.07, 6.45) is -0.692. The van der Waals surface area contributed by atoms with Gasteiger partial charge in [0.2, 0.25) is 0 Å². The number of rotatable bonds is 13. The fraction of sp³-hybridized carbons (Fsp3) is 0.333. The summed E-state index contributed by atoms with van der Waals surface area (Å²) in [5.74, 6) is -3.72. The maximum Gasteiger partial charge on any atom is 0.410 e. The number of Topliss-reactive ketones (excluding diaryl/α,β-unsaturated/α-hetero) is 1. The molecule has 1 N–H and O–H groups in total. The molecule has 1 amide bonds. The highest BCUT2D eigenvalue weighted by Gasteiger charge is 2.52. The number of ketones is 1. The Bertz CT molecular complexity index is 1410. The first kappa shape index (κ1) is 31.1. The molecule has 0 aliphatic carbocycles. The second kappa shape index (κ2) is 14.9. The predicted molar refractivity (Wildman–Crippen MR) is 156 cm³/mol. The number of carbonyl (C=O) groups excluding carboxylic acids is 3. The van der Waals surface area contributed by atoms with Gasteiger partial charge in [0.1, 0.15) is 12.6 Å². The topological polar surface area (TPSA) is 129 Å². The molecule has 1 aliphatic heterocycles. The number of carboxylic acids is 1. The van der Waals surface area contributed by atoms with E-state index in [2.05, 4.69) is 0 Å². The molecular formula is C33H35NO9. The Morgan fingerprint density at radius 1 is 0.884 bits per heavy atom. The number of carboxylic acid groups (broad SMARTS) is 1. The number of ether oxygens (including phenoxy) is 4. The molecule has 0 radical (unpaired) electrons. The quantitative estimate of drug-likeness (QED) is 0.221. The Morgan fingerprint density at radius 2 is 1.56 bits per heavy atom. The molecule has 0 saturated carbocycles. The lowest BCUT2D eigenvalue weighted by molar-refractivity contribution is -0.150. The van der Waals surface area contributed by atoms with Gasteiger partial charge in [0.05, 0.1) is 26.7 Å². The molecule has 3 aromatic carbocycles. The monoisotopic (exact) mass is 589 g/mol. The van der Waals surface area contributed by atoms with Crippen molar-refractivity contribution in [2.45, 2.75) is 32.4 Å². The van der Waals surface area contributed by atoms with Crippen molar-refractivity contribution in [3.63, 3.8) is 0 Å². The predicted octanol–water partition coefficient (Wildman–Crippen LogP) is 4.79. The molecule has 226 valence electrons. The Balaban J connectivity index is 1.55. The fourth-order valence-corrected chi connectivity index (χ4v) is 5.24. The standard InChI is InChI=1S/C33H35NO9/c1-3-41-32(38)30-25(19-29(35)36)26(20-34(30)33(39)43-21-23-12-8-5-9-13-23)31(37)24-14-15-27(28(18-24)40-2)42-17-16-22-10-6-4-7-11-22/h4-15,18,25-26,30H,3,16-17,19-21H2,1-2H3,(H,35,36)/t25-,26-,30-/m0/s1. The average molecular weight is 590 g/mol. The molecule has 10 nitrogen and oxygen atoms in total. The smallest absolute Gasteiger partial charge is 0.410 e. The van der Waals surface area contributed by atoms with Gasteiger partial charge in [0.25, 0.3) is 0 Å². The van der Waals surface area contributed by atoms with Gasteiger partial charge in [-0.05, 0) is 36.2 Å². The largest absolute Gasteiger partial charge is 0.493 e. The summed E-state index contributed by atoms with van der Waals surface area (Å²) in [7, 11) is 1.46. The van der Waals surface area contributed by atoms with Crippen molar-refractivity contribution in [2.75, 3.05) is 26.9 Å². The van der Waals surface area contributed by atoms with E-state index in [0.717, 1.165) is 16.0 Å². The summed E-state index contributed by atoms with van der Waals surface area (Å²) in [5, 5.41) is 9.70. The minimum atomic E-state index is -1.31. The van der Waals surface area contributed by atoms with Crippen LogP contribution in [-0.4, -0.2) is 66.7 Å². The van der Waals surface area contributed by atoms with Crippen LogP contribution < -0.4 is 9.47 Å². The van der Waals surface area contributed by atoms with Crippen LogP contribution in [0.1, 0.15) is 34.8 Å². The number of hydrogen-bond acceptors (Lipinski definition) is 8. The second-order valence-electron chi connectivity index (χ2n) is 10.1. The molecule has 1 saturated heterocycles. The lowest BCUT2D eigenvalue weighted by Crippen LogP contribution is -2.45. The Kier molecular flexibility index (Phi) is 10.7. The van der Waals surface area contributed by atoms with E-state index in [1.54, 1.807) is 43.3 Å². The molecule has 0 unspecified atom stereocenters. The van der Waals surface area contributed by atoms with Crippen LogP contribution in [0.3, 0.4) is 0 Å². The van der Waals surface area contributed by atoms with Gasteiger partial charge in [-0.25, -0.2) is 9.59 Å². The third-order valence-electron chi connectivity index (χ3n) is 7.31. The lowest BCUT2D eigenvalue weighted by atomic mass is 9.82. The van der Waals surface area contributed by atoms with Crippen LogP contribution in [0.5, 0.6) is 11.5 Å². The molecule has 1 aliphatic rings. The van der Waals surface area contributed by atoms with E-state index in [4.69, 9.17) is 18.9 Å². The Morgan fingerprint density at radius 3 is 2.19 bits per heavy atom. The van der Waals surface area contributed by atoms with Crippen molar-refractivity contribution in [3.8, 4) is 11.5 Å². The van der Waals surface area contributed by atoms with E-state index in [1.165, 1.54) is 13.2 Å². The first-order valence-corrected chi connectivity index (χ1v) is 14.1. The van der Waals surface area contributed by atoms with Crippen LogP contribution in [0.4, 0.5) is 4.79 Å². The average Bonchev–Trinajstić information content (AvgIpc) is 3.39. The molecule has 10 heteroatoms. The number of benzene rings is 3. The van der Waals surface area contributed by atoms with Crippen molar-refractivity contribution in [2.24, 2.45) is 11.8 Å². The molecule has 3 atom stereocenters. The highest BCUT2D eigenvalue weighted by atomic mass is 16.6. The molecular weight excluding hydrogens is 554 g/mol. The van der Waals surface area contributed by atoms with Crippen LogP contribution >= 0.6 is 0 Å². The van der Waals surface area contributed by atoms with Crippen molar-refractivity contribution in [1.29, 1.82) is 0 Å². The summed E-state index contributed by atoms with van der Waals surface area (Å²) >= 11 is 0. The van der Waals surface area contributed by atoms with Gasteiger partial charge < -0.3 is 24.1 Å². The summed E-state index contributed by atoms with van der Waals surface area (Å²) in [5.41, 5.74) is 2.08. The molecule has 0 aromatic heterocycles. The number of likely N-dealkylation sites (tertiary alicyclic amines) is 1. The highest BCUT2D eigenvalue weighted by molar-refractivity contribution is 6.00. The van der Waals surface area contributed by atoms with E-state index < -0.39 is 48.1 Å². The van der Waals surface area contributed by atoms with Crippen LogP contribution in [0, 0.1) is 11.8 Å². The zero-order valence-corrected chi connectivity index (χ0v) is 24.1. The van der Waals surface area contributed by atoms with Crippen LogP contribution in [-0.2, 0) is 32.1 Å². The third-order valence-corrected chi connectivity index (χ3v) is 7.31. The Hall–Kier alpha value is -4.86. The molecule has 43 heavy (non-hydrogen) atoms. The molecule has 4 rings (SSSR count). The zero-order valence-electron chi connectivity index (χ0n) is 24.1. The van der Waals surface area contributed by atoms with Gasteiger partial charge in [0.15, 0.2) is 17.3 Å².